The Bertz CT molecular complexity index is 212. The van der Waals surface area contributed by atoms with E-state index in [0.29, 0.717) is 12.0 Å². The van der Waals surface area contributed by atoms with Gasteiger partial charge >= 0.3 is 0 Å². The number of nitrogens with one attached hydrogen (secondary N) is 1. The van der Waals surface area contributed by atoms with Crippen molar-refractivity contribution < 1.29 is 5.11 Å². The van der Waals surface area contributed by atoms with Crippen molar-refractivity contribution in [2.24, 2.45) is 11.8 Å². The van der Waals surface area contributed by atoms with Gasteiger partial charge in [-0.25, -0.2) is 0 Å². The average molecular weight is 181 g/mol. The van der Waals surface area contributed by atoms with Gasteiger partial charge in [0.15, 0.2) is 0 Å². The standard InChI is InChI=1S/C11H19NO/c13-11(10-4-2-6-12-10)5-1-3-8-7-9(8)11/h8-10,12-13H,1-7H2. The quantitative estimate of drug-likeness (QED) is 0.639. The molecule has 1 saturated heterocycles. The highest BCUT2D eigenvalue weighted by atomic mass is 16.3. The molecule has 2 N–H and O–H groups in total. The van der Waals surface area contributed by atoms with Crippen LogP contribution in [0.25, 0.3) is 0 Å². The van der Waals surface area contributed by atoms with Crippen LogP contribution < -0.4 is 5.32 Å². The predicted octanol–water partition coefficient (Wildman–Crippen LogP) is 1.29. The highest BCUT2D eigenvalue weighted by molar-refractivity contribution is 5.10. The molecule has 0 aromatic carbocycles. The lowest BCUT2D eigenvalue weighted by Gasteiger charge is -2.37. The molecule has 2 nitrogen and oxygen atoms in total. The lowest BCUT2D eigenvalue weighted by Crippen LogP contribution is -2.51. The molecule has 0 bridgehead atoms. The molecule has 1 aliphatic heterocycles. The van der Waals surface area contributed by atoms with Crippen LogP contribution >= 0.6 is 0 Å². The first-order valence-electron chi connectivity index (χ1n) is 5.76. The third-order valence-electron chi connectivity index (χ3n) is 4.38. The molecule has 3 rings (SSSR count). The summed E-state index contributed by atoms with van der Waals surface area (Å²) in [6.07, 6.45) is 7.42. The minimum atomic E-state index is -0.320. The van der Waals surface area contributed by atoms with Crippen LogP contribution in [0.5, 0.6) is 0 Å². The number of rotatable bonds is 1. The second-order valence-electron chi connectivity index (χ2n) is 5.13. The van der Waals surface area contributed by atoms with E-state index >= 15 is 0 Å². The van der Waals surface area contributed by atoms with E-state index in [4.69, 9.17) is 0 Å². The monoisotopic (exact) mass is 181 g/mol. The van der Waals surface area contributed by atoms with Gasteiger partial charge in [-0.1, -0.05) is 6.42 Å². The van der Waals surface area contributed by atoms with E-state index in [0.717, 1.165) is 18.9 Å². The topological polar surface area (TPSA) is 32.3 Å². The van der Waals surface area contributed by atoms with Crippen molar-refractivity contribution in [3.63, 3.8) is 0 Å². The van der Waals surface area contributed by atoms with Crippen LogP contribution in [0.15, 0.2) is 0 Å². The van der Waals surface area contributed by atoms with Crippen LogP contribution in [0.3, 0.4) is 0 Å². The van der Waals surface area contributed by atoms with E-state index in [1.807, 2.05) is 0 Å². The predicted molar refractivity (Wildman–Crippen MR) is 51.4 cm³/mol. The largest absolute Gasteiger partial charge is 0.388 e. The number of hydrogen-bond acceptors (Lipinski definition) is 2. The van der Waals surface area contributed by atoms with Crippen molar-refractivity contribution in [1.29, 1.82) is 0 Å². The van der Waals surface area contributed by atoms with E-state index in [1.54, 1.807) is 0 Å². The summed E-state index contributed by atoms with van der Waals surface area (Å²) in [6, 6.07) is 0.419. The molecule has 4 atom stereocenters. The van der Waals surface area contributed by atoms with Crippen molar-refractivity contribution in [3.05, 3.63) is 0 Å². The van der Waals surface area contributed by atoms with Crippen molar-refractivity contribution in [2.75, 3.05) is 6.54 Å². The zero-order valence-electron chi connectivity index (χ0n) is 8.13. The molecule has 0 radical (unpaired) electrons. The second kappa shape index (κ2) is 2.71. The van der Waals surface area contributed by atoms with Gasteiger partial charge in [-0.3, -0.25) is 0 Å². The van der Waals surface area contributed by atoms with E-state index in [2.05, 4.69) is 5.32 Å². The van der Waals surface area contributed by atoms with E-state index in [9.17, 15) is 5.11 Å². The fraction of sp³-hybridized carbons (Fsp3) is 1.00. The Morgan fingerprint density at radius 1 is 1.23 bits per heavy atom. The van der Waals surface area contributed by atoms with Crippen LogP contribution in [0.1, 0.15) is 38.5 Å². The van der Waals surface area contributed by atoms with Gasteiger partial charge in [0.05, 0.1) is 5.60 Å². The fourth-order valence-corrected chi connectivity index (χ4v) is 3.56. The SMILES string of the molecule is OC1(C2CCCN2)CCCC2CC21. The smallest absolute Gasteiger partial charge is 0.0830 e. The molecular formula is C11H19NO. The third kappa shape index (κ3) is 1.15. The molecule has 74 valence electrons. The van der Waals surface area contributed by atoms with Crippen molar-refractivity contribution in [3.8, 4) is 0 Å². The Hall–Kier alpha value is -0.0800. The Morgan fingerprint density at radius 3 is 2.92 bits per heavy atom. The van der Waals surface area contributed by atoms with Crippen LogP contribution in [0, 0.1) is 11.8 Å². The van der Waals surface area contributed by atoms with Crippen LogP contribution in [0.2, 0.25) is 0 Å². The summed E-state index contributed by atoms with van der Waals surface area (Å²) in [7, 11) is 0. The molecule has 0 aromatic rings. The lowest BCUT2D eigenvalue weighted by atomic mass is 9.78. The first-order valence-corrected chi connectivity index (χ1v) is 5.76. The van der Waals surface area contributed by atoms with Gasteiger partial charge in [-0.2, -0.15) is 0 Å². The van der Waals surface area contributed by atoms with Gasteiger partial charge in [-0.15, -0.1) is 0 Å². The van der Waals surface area contributed by atoms with Crippen molar-refractivity contribution >= 4 is 0 Å². The molecule has 2 heteroatoms. The summed E-state index contributed by atoms with van der Waals surface area (Å²) < 4.78 is 0. The number of fused-ring (bicyclic) bond motifs is 1. The third-order valence-corrected chi connectivity index (χ3v) is 4.38. The van der Waals surface area contributed by atoms with Crippen LogP contribution in [-0.2, 0) is 0 Å². The Labute approximate surface area is 79.7 Å². The number of aliphatic hydroxyl groups is 1. The lowest BCUT2D eigenvalue weighted by molar-refractivity contribution is -0.0391. The summed E-state index contributed by atoms with van der Waals surface area (Å²) in [4.78, 5) is 0. The zero-order chi connectivity index (χ0) is 8.89. The molecule has 3 aliphatic rings. The van der Waals surface area contributed by atoms with E-state index in [-0.39, 0.29) is 5.60 Å². The molecule has 4 unspecified atom stereocenters. The molecule has 2 aliphatic carbocycles. The maximum Gasteiger partial charge on any atom is 0.0830 e. The normalized spacial score (nSPS) is 54.7. The summed E-state index contributed by atoms with van der Waals surface area (Å²) in [6.45, 7) is 1.12. The molecule has 13 heavy (non-hydrogen) atoms. The number of hydrogen-bond donors (Lipinski definition) is 2. The fourth-order valence-electron chi connectivity index (χ4n) is 3.56. The molecule has 0 aromatic heterocycles. The minimum Gasteiger partial charge on any atom is -0.388 e. The van der Waals surface area contributed by atoms with Gasteiger partial charge in [-0.05, 0) is 50.5 Å². The Kier molecular flexibility index (Phi) is 1.72. The van der Waals surface area contributed by atoms with Gasteiger partial charge in [0.1, 0.15) is 0 Å². The van der Waals surface area contributed by atoms with Crippen LogP contribution in [0.4, 0.5) is 0 Å². The highest BCUT2D eigenvalue weighted by Crippen LogP contribution is 2.56. The van der Waals surface area contributed by atoms with E-state index in [1.165, 1.54) is 32.1 Å². The molecule has 0 amide bonds. The maximum atomic E-state index is 10.6. The minimum absolute atomic E-state index is 0.320. The van der Waals surface area contributed by atoms with Crippen LogP contribution in [-0.4, -0.2) is 23.3 Å². The molecular weight excluding hydrogens is 162 g/mol. The molecule has 1 heterocycles. The maximum absolute atomic E-state index is 10.6. The summed E-state index contributed by atoms with van der Waals surface area (Å²) >= 11 is 0. The van der Waals surface area contributed by atoms with Crippen molar-refractivity contribution in [2.45, 2.75) is 50.2 Å². The summed E-state index contributed by atoms with van der Waals surface area (Å²) in [5, 5.41) is 14.1. The Morgan fingerprint density at radius 2 is 2.15 bits per heavy atom. The average Bonchev–Trinajstić information content (AvgIpc) is 2.74. The second-order valence-corrected chi connectivity index (χ2v) is 5.13. The van der Waals surface area contributed by atoms with Gasteiger partial charge in [0, 0.05) is 6.04 Å². The summed E-state index contributed by atoms with van der Waals surface area (Å²) in [5.74, 6) is 1.53. The van der Waals surface area contributed by atoms with E-state index < -0.39 is 0 Å². The molecule has 2 saturated carbocycles. The zero-order valence-corrected chi connectivity index (χ0v) is 8.13. The first-order chi connectivity index (χ1) is 6.31. The van der Waals surface area contributed by atoms with Gasteiger partial charge in [0.25, 0.3) is 0 Å². The van der Waals surface area contributed by atoms with Gasteiger partial charge in [0.2, 0.25) is 0 Å². The van der Waals surface area contributed by atoms with Crippen molar-refractivity contribution in [1.82, 2.24) is 5.32 Å². The molecule has 3 fully saturated rings. The van der Waals surface area contributed by atoms with Gasteiger partial charge < -0.3 is 10.4 Å². The first kappa shape index (κ1) is 8.25. The summed E-state index contributed by atoms with van der Waals surface area (Å²) in [5.41, 5.74) is -0.320. The molecule has 0 spiro atoms. The Balaban J connectivity index is 1.78. The highest BCUT2D eigenvalue weighted by Gasteiger charge is 2.57.